The van der Waals surface area contributed by atoms with E-state index in [2.05, 4.69) is 5.32 Å². The van der Waals surface area contributed by atoms with E-state index in [-0.39, 0.29) is 19.8 Å². The Morgan fingerprint density at radius 3 is 2.41 bits per heavy atom. The van der Waals surface area contributed by atoms with Gasteiger partial charge in [0.05, 0.1) is 5.56 Å². The van der Waals surface area contributed by atoms with Gasteiger partial charge in [0.1, 0.15) is 24.7 Å². The van der Waals surface area contributed by atoms with Crippen molar-refractivity contribution in [1.29, 1.82) is 0 Å². The van der Waals surface area contributed by atoms with Gasteiger partial charge >= 0.3 is 11.9 Å². The molecule has 164 valence electrons. The topological polar surface area (TPSA) is 90.9 Å². The van der Waals surface area contributed by atoms with Gasteiger partial charge in [0.2, 0.25) is 0 Å². The molecule has 7 heteroatoms. The molecule has 0 aliphatic heterocycles. The van der Waals surface area contributed by atoms with Crippen LogP contribution in [0.3, 0.4) is 0 Å². The molecule has 32 heavy (non-hydrogen) atoms. The fraction of sp³-hybridized carbons (Fsp3) is 0.160. The molecule has 0 aromatic heterocycles. The Kier molecular flexibility index (Phi) is 7.97. The summed E-state index contributed by atoms with van der Waals surface area (Å²) in [6.07, 6.45) is 0. The molecule has 0 saturated heterocycles. The molecule has 0 atom stereocenters. The lowest BCUT2D eigenvalue weighted by molar-refractivity contribution is -0.145. The van der Waals surface area contributed by atoms with Gasteiger partial charge in [-0.05, 0) is 48.4 Å². The van der Waals surface area contributed by atoms with Gasteiger partial charge in [0.15, 0.2) is 6.61 Å². The first kappa shape index (κ1) is 22.6. The third-order valence-corrected chi connectivity index (χ3v) is 4.40. The summed E-state index contributed by atoms with van der Waals surface area (Å²) >= 11 is 0. The lowest BCUT2D eigenvalue weighted by atomic mass is 10.1. The minimum atomic E-state index is -0.605. The quantitative estimate of drug-likeness (QED) is 0.411. The van der Waals surface area contributed by atoms with E-state index in [1.165, 1.54) is 0 Å². The second-order valence-electron chi connectivity index (χ2n) is 6.89. The highest BCUT2D eigenvalue weighted by molar-refractivity contribution is 5.91. The van der Waals surface area contributed by atoms with Gasteiger partial charge in [-0.25, -0.2) is 4.79 Å². The highest BCUT2D eigenvalue weighted by Gasteiger charge is 2.11. The van der Waals surface area contributed by atoms with Crippen molar-refractivity contribution in [3.05, 3.63) is 95.6 Å². The number of hydrogen-bond acceptors (Lipinski definition) is 6. The van der Waals surface area contributed by atoms with E-state index < -0.39 is 17.8 Å². The molecule has 0 fully saturated rings. The number of amides is 1. The van der Waals surface area contributed by atoms with Crippen molar-refractivity contribution < 1.29 is 28.6 Å². The van der Waals surface area contributed by atoms with Gasteiger partial charge in [-0.1, -0.05) is 48.5 Å². The second kappa shape index (κ2) is 11.3. The van der Waals surface area contributed by atoms with E-state index >= 15 is 0 Å². The molecule has 3 rings (SSSR count). The number of esters is 2. The molecule has 0 aliphatic rings. The highest BCUT2D eigenvalue weighted by Crippen LogP contribution is 2.16. The third-order valence-electron chi connectivity index (χ3n) is 4.40. The summed E-state index contributed by atoms with van der Waals surface area (Å²) in [5.74, 6) is -0.500. The van der Waals surface area contributed by atoms with Crippen molar-refractivity contribution in [2.45, 2.75) is 13.5 Å². The van der Waals surface area contributed by atoms with Crippen molar-refractivity contribution in [3.8, 4) is 11.5 Å². The van der Waals surface area contributed by atoms with Crippen LogP contribution in [0.15, 0.2) is 78.9 Å². The molecule has 1 amide bonds. The van der Waals surface area contributed by atoms with Crippen LogP contribution in [0.4, 0.5) is 0 Å². The standard InChI is InChI=1S/C25H23NO6/c1-18-8-5-6-13-22(18)30-17-23(27)26-15-24(28)31-16-19-9-7-10-20(14-19)25(29)32-21-11-3-2-4-12-21/h2-14H,15-17H2,1H3,(H,26,27). The lowest BCUT2D eigenvalue weighted by Crippen LogP contribution is -2.34. The molecule has 0 unspecified atom stereocenters. The Morgan fingerprint density at radius 1 is 0.875 bits per heavy atom. The van der Waals surface area contributed by atoms with Crippen LogP contribution in [-0.4, -0.2) is 31.0 Å². The summed E-state index contributed by atoms with van der Waals surface area (Å²) < 4.78 is 15.9. The predicted octanol–water partition coefficient (Wildman–Crippen LogP) is 3.45. The van der Waals surface area contributed by atoms with Crippen LogP contribution in [0.5, 0.6) is 11.5 Å². The van der Waals surface area contributed by atoms with Gasteiger partial charge < -0.3 is 19.5 Å². The zero-order valence-electron chi connectivity index (χ0n) is 17.6. The maximum Gasteiger partial charge on any atom is 0.343 e. The van der Waals surface area contributed by atoms with Crippen molar-refractivity contribution in [2.75, 3.05) is 13.2 Å². The zero-order chi connectivity index (χ0) is 22.8. The number of carbonyl (C=O) groups excluding carboxylic acids is 3. The number of carbonyl (C=O) groups is 3. The van der Waals surface area contributed by atoms with Gasteiger partial charge in [-0.2, -0.15) is 0 Å². The van der Waals surface area contributed by atoms with E-state index in [9.17, 15) is 14.4 Å². The lowest BCUT2D eigenvalue weighted by Gasteiger charge is -2.10. The van der Waals surface area contributed by atoms with Crippen molar-refractivity contribution in [2.24, 2.45) is 0 Å². The Morgan fingerprint density at radius 2 is 1.62 bits per heavy atom. The predicted molar refractivity (Wildman–Crippen MR) is 117 cm³/mol. The van der Waals surface area contributed by atoms with Crippen LogP contribution in [-0.2, 0) is 20.9 Å². The molecular formula is C25H23NO6. The van der Waals surface area contributed by atoms with E-state index in [1.54, 1.807) is 54.6 Å². The van der Waals surface area contributed by atoms with Crippen LogP contribution in [0.25, 0.3) is 0 Å². The number of para-hydroxylation sites is 2. The summed E-state index contributed by atoms with van der Waals surface area (Å²) in [5, 5.41) is 2.45. The summed E-state index contributed by atoms with van der Waals surface area (Å²) in [7, 11) is 0. The number of benzene rings is 3. The summed E-state index contributed by atoms with van der Waals surface area (Å²) in [4.78, 5) is 36.1. The second-order valence-corrected chi connectivity index (χ2v) is 6.89. The van der Waals surface area contributed by atoms with Crippen molar-refractivity contribution >= 4 is 17.8 Å². The first-order valence-corrected chi connectivity index (χ1v) is 9.98. The number of ether oxygens (including phenoxy) is 3. The van der Waals surface area contributed by atoms with Crippen LogP contribution < -0.4 is 14.8 Å². The fourth-order valence-electron chi connectivity index (χ4n) is 2.74. The van der Waals surface area contributed by atoms with Crippen LogP contribution >= 0.6 is 0 Å². The molecule has 0 aliphatic carbocycles. The van der Waals surface area contributed by atoms with Crippen molar-refractivity contribution in [3.63, 3.8) is 0 Å². The Balaban J connectivity index is 1.41. The zero-order valence-corrected chi connectivity index (χ0v) is 17.6. The Hall–Kier alpha value is -4.13. The average molecular weight is 433 g/mol. The molecular weight excluding hydrogens is 410 g/mol. The minimum absolute atomic E-state index is 0.0408. The molecule has 0 heterocycles. The summed E-state index contributed by atoms with van der Waals surface area (Å²) in [5.41, 5.74) is 1.87. The Bertz CT molecular complexity index is 1080. The molecule has 7 nitrogen and oxygen atoms in total. The molecule has 0 spiro atoms. The SMILES string of the molecule is Cc1ccccc1OCC(=O)NCC(=O)OCc1cccc(C(=O)Oc2ccccc2)c1. The average Bonchev–Trinajstić information content (AvgIpc) is 2.81. The number of aryl methyl sites for hydroxylation is 1. The molecule has 3 aromatic carbocycles. The van der Waals surface area contributed by atoms with Crippen LogP contribution in [0, 0.1) is 6.92 Å². The summed E-state index contributed by atoms with van der Waals surface area (Å²) in [6, 6.07) is 22.7. The Labute approximate surface area is 185 Å². The largest absolute Gasteiger partial charge is 0.484 e. The smallest absolute Gasteiger partial charge is 0.343 e. The third kappa shape index (κ3) is 6.98. The minimum Gasteiger partial charge on any atom is -0.484 e. The van der Waals surface area contributed by atoms with Gasteiger partial charge in [0.25, 0.3) is 5.91 Å². The number of nitrogens with one attached hydrogen (secondary N) is 1. The van der Waals surface area contributed by atoms with Gasteiger partial charge in [-0.3, -0.25) is 9.59 Å². The molecule has 3 aromatic rings. The molecule has 0 saturated carbocycles. The van der Waals surface area contributed by atoms with E-state index in [1.807, 2.05) is 31.2 Å². The van der Waals surface area contributed by atoms with Crippen LogP contribution in [0.2, 0.25) is 0 Å². The molecule has 0 radical (unpaired) electrons. The van der Waals surface area contributed by atoms with Crippen molar-refractivity contribution in [1.82, 2.24) is 5.32 Å². The van der Waals surface area contributed by atoms with E-state index in [0.717, 1.165) is 5.56 Å². The number of hydrogen-bond donors (Lipinski definition) is 1. The first-order chi connectivity index (χ1) is 15.5. The molecule has 1 N–H and O–H groups in total. The first-order valence-electron chi connectivity index (χ1n) is 9.98. The monoisotopic (exact) mass is 433 g/mol. The fourth-order valence-corrected chi connectivity index (χ4v) is 2.74. The molecule has 0 bridgehead atoms. The summed E-state index contributed by atoms with van der Waals surface area (Å²) in [6.45, 7) is 1.34. The van der Waals surface area contributed by atoms with Crippen LogP contribution in [0.1, 0.15) is 21.5 Å². The van der Waals surface area contributed by atoms with Gasteiger partial charge in [0, 0.05) is 0 Å². The number of rotatable bonds is 9. The maximum absolute atomic E-state index is 12.3. The normalized spacial score (nSPS) is 10.2. The van der Waals surface area contributed by atoms with Gasteiger partial charge in [-0.15, -0.1) is 0 Å². The van der Waals surface area contributed by atoms with E-state index in [0.29, 0.717) is 22.6 Å². The maximum atomic E-state index is 12.3. The van der Waals surface area contributed by atoms with E-state index in [4.69, 9.17) is 14.2 Å². The highest BCUT2D eigenvalue weighted by atomic mass is 16.5.